The van der Waals surface area contributed by atoms with Gasteiger partial charge in [0.25, 0.3) is 5.91 Å². The van der Waals surface area contributed by atoms with Gasteiger partial charge in [-0.05, 0) is 60.8 Å². The molecule has 8 heteroatoms. The van der Waals surface area contributed by atoms with Crippen LogP contribution in [0.5, 0.6) is 0 Å². The summed E-state index contributed by atoms with van der Waals surface area (Å²) in [5, 5.41) is 7.82. The molecule has 0 unspecified atom stereocenters. The number of carbonyl (C=O) groups is 1. The molecule has 23 heavy (non-hydrogen) atoms. The third-order valence-corrected chi connectivity index (χ3v) is 3.54. The summed E-state index contributed by atoms with van der Waals surface area (Å²) in [5.41, 5.74) is 1.81. The Morgan fingerprint density at radius 1 is 0.957 bits per heavy atom. The van der Waals surface area contributed by atoms with Gasteiger partial charge in [-0.25, -0.2) is 0 Å². The Bertz CT molecular complexity index is 873. The van der Waals surface area contributed by atoms with Crippen LogP contribution in [0.2, 0.25) is 10.0 Å². The van der Waals surface area contributed by atoms with Crippen molar-refractivity contribution in [2.24, 2.45) is 9.98 Å². The number of hydrogen-bond acceptors (Lipinski definition) is 5. The summed E-state index contributed by atoms with van der Waals surface area (Å²) in [4.78, 5) is 19.8. The molecule has 0 bridgehead atoms. The van der Waals surface area contributed by atoms with Crippen LogP contribution in [0, 0.1) is 0 Å². The van der Waals surface area contributed by atoms with Crippen molar-refractivity contribution in [3.63, 3.8) is 0 Å². The van der Waals surface area contributed by atoms with Gasteiger partial charge in [0.2, 0.25) is 0 Å². The predicted molar refractivity (Wildman–Crippen MR) is 100 cm³/mol. The minimum Gasteiger partial charge on any atom is -0.322 e. The lowest BCUT2D eigenvalue weighted by atomic mass is 10.2. The fourth-order valence-electron chi connectivity index (χ4n) is 1.72. The number of benzene rings is 2. The largest absolute Gasteiger partial charge is 0.322 e. The van der Waals surface area contributed by atoms with Crippen molar-refractivity contribution in [3.05, 3.63) is 52.0 Å². The van der Waals surface area contributed by atoms with E-state index < -0.39 is 0 Å². The van der Waals surface area contributed by atoms with Crippen LogP contribution in [0.25, 0.3) is 0 Å². The van der Waals surface area contributed by atoms with Gasteiger partial charge in [-0.1, -0.05) is 23.2 Å². The van der Waals surface area contributed by atoms with Crippen molar-refractivity contribution in [2.75, 3.05) is 5.32 Å². The molecule has 2 aromatic carbocycles. The Balaban J connectivity index is 2.22. The molecule has 0 aliphatic carbocycles. The molecular formula is C15H7Cl2N3OS2. The molecular weight excluding hydrogens is 373 g/mol. The summed E-state index contributed by atoms with van der Waals surface area (Å²) < 4.78 is 0. The van der Waals surface area contributed by atoms with Crippen LogP contribution in [0.4, 0.5) is 17.1 Å². The molecule has 0 saturated heterocycles. The molecule has 0 aliphatic rings. The number of anilines is 1. The minimum absolute atomic E-state index is 0.304. The number of halogens is 2. The van der Waals surface area contributed by atoms with Gasteiger partial charge in [0, 0.05) is 11.3 Å². The maximum absolute atomic E-state index is 12.2. The molecule has 0 radical (unpaired) electrons. The molecule has 0 spiro atoms. The molecule has 0 aliphatic heterocycles. The van der Waals surface area contributed by atoms with E-state index in [9.17, 15) is 4.79 Å². The first-order chi connectivity index (χ1) is 11.0. The Kier molecular flexibility index (Phi) is 6.13. The Hall–Kier alpha value is -1.91. The molecule has 2 rings (SSSR count). The lowest BCUT2D eigenvalue weighted by Crippen LogP contribution is -2.11. The normalized spacial score (nSPS) is 9.48. The van der Waals surface area contributed by atoms with Crippen LogP contribution in [0.1, 0.15) is 10.4 Å². The summed E-state index contributed by atoms with van der Waals surface area (Å²) in [6.45, 7) is 0. The van der Waals surface area contributed by atoms with E-state index in [1.807, 2.05) is 0 Å². The van der Waals surface area contributed by atoms with Crippen LogP contribution >= 0.6 is 47.6 Å². The van der Waals surface area contributed by atoms with Gasteiger partial charge >= 0.3 is 0 Å². The van der Waals surface area contributed by atoms with E-state index in [0.717, 1.165) is 0 Å². The smallest absolute Gasteiger partial charge is 0.255 e. The fraction of sp³-hybridized carbons (Fsp3) is 0. The van der Waals surface area contributed by atoms with Crippen molar-refractivity contribution < 1.29 is 4.79 Å². The number of isothiocyanates is 2. The van der Waals surface area contributed by atoms with Crippen molar-refractivity contribution in [1.82, 2.24) is 0 Å². The fourth-order valence-corrected chi connectivity index (χ4v) is 2.36. The Labute approximate surface area is 152 Å². The van der Waals surface area contributed by atoms with Crippen LogP contribution < -0.4 is 5.32 Å². The van der Waals surface area contributed by atoms with Crippen molar-refractivity contribution in [2.45, 2.75) is 0 Å². The predicted octanol–water partition coefficient (Wildman–Crippen LogP) is 5.71. The number of rotatable bonds is 4. The average molecular weight is 380 g/mol. The first-order valence-corrected chi connectivity index (χ1v) is 7.68. The monoisotopic (exact) mass is 379 g/mol. The van der Waals surface area contributed by atoms with E-state index in [2.05, 4.69) is 50.1 Å². The van der Waals surface area contributed by atoms with Crippen LogP contribution in [0.15, 0.2) is 46.4 Å². The Morgan fingerprint density at radius 2 is 1.52 bits per heavy atom. The average Bonchev–Trinajstić information content (AvgIpc) is 2.52. The van der Waals surface area contributed by atoms with Crippen molar-refractivity contribution in [3.8, 4) is 0 Å². The van der Waals surface area contributed by atoms with Crippen molar-refractivity contribution in [1.29, 1.82) is 0 Å². The van der Waals surface area contributed by atoms with Gasteiger partial charge in [-0.3, -0.25) is 4.79 Å². The summed E-state index contributed by atoms with van der Waals surface area (Å²) in [7, 11) is 0. The maximum Gasteiger partial charge on any atom is 0.255 e. The molecule has 4 nitrogen and oxygen atoms in total. The summed E-state index contributed by atoms with van der Waals surface area (Å²) in [6.07, 6.45) is 0. The van der Waals surface area contributed by atoms with Gasteiger partial charge < -0.3 is 5.32 Å². The summed E-state index contributed by atoms with van der Waals surface area (Å²) in [5.74, 6) is -0.341. The van der Waals surface area contributed by atoms with E-state index >= 15 is 0 Å². The second kappa shape index (κ2) is 8.09. The number of hydrogen-bond donors (Lipinski definition) is 1. The molecule has 0 fully saturated rings. The van der Waals surface area contributed by atoms with Gasteiger partial charge in [0.15, 0.2) is 0 Å². The van der Waals surface area contributed by atoms with Gasteiger partial charge in [0.05, 0.1) is 31.7 Å². The Morgan fingerprint density at radius 3 is 2.04 bits per heavy atom. The maximum atomic E-state index is 12.2. The lowest BCUT2D eigenvalue weighted by Gasteiger charge is -2.07. The number of aliphatic imine (C=N–C) groups is 2. The number of nitrogens with one attached hydrogen (secondary N) is 1. The summed E-state index contributed by atoms with van der Waals surface area (Å²) in [6, 6.07) is 9.51. The van der Waals surface area contributed by atoms with Crippen LogP contribution in [0.3, 0.4) is 0 Å². The third kappa shape index (κ3) is 4.53. The highest BCUT2D eigenvalue weighted by Crippen LogP contribution is 2.29. The van der Waals surface area contributed by atoms with E-state index in [0.29, 0.717) is 32.7 Å². The number of nitrogens with zero attached hydrogens (tertiary/aromatic N) is 2. The second-order valence-electron chi connectivity index (χ2n) is 4.19. The van der Waals surface area contributed by atoms with Crippen LogP contribution in [-0.2, 0) is 0 Å². The number of thiocarbonyl (C=S) groups is 2. The highest BCUT2D eigenvalue weighted by molar-refractivity contribution is 7.78. The zero-order chi connectivity index (χ0) is 16.8. The van der Waals surface area contributed by atoms with E-state index in [1.54, 1.807) is 30.3 Å². The second-order valence-corrected chi connectivity index (χ2v) is 5.37. The highest BCUT2D eigenvalue weighted by Gasteiger charge is 2.10. The lowest BCUT2D eigenvalue weighted by molar-refractivity contribution is 0.102. The van der Waals surface area contributed by atoms with E-state index in [-0.39, 0.29) is 5.91 Å². The van der Waals surface area contributed by atoms with Gasteiger partial charge in [-0.15, -0.1) is 0 Å². The molecule has 0 atom stereocenters. The molecule has 0 saturated carbocycles. The first kappa shape index (κ1) is 17.4. The minimum atomic E-state index is -0.341. The molecule has 1 N–H and O–H groups in total. The van der Waals surface area contributed by atoms with Crippen LogP contribution in [-0.4, -0.2) is 16.2 Å². The first-order valence-electron chi connectivity index (χ1n) is 6.11. The van der Waals surface area contributed by atoms with Gasteiger partial charge in [0.1, 0.15) is 0 Å². The zero-order valence-electron chi connectivity index (χ0n) is 11.3. The highest BCUT2D eigenvalue weighted by atomic mass is 35.5. The molecule has 1 amide bonds. The number of carbonyl (C=O) groups excluding carboxylic acids is 1. The van der Waals surface area contributed by atoms with Gasteiger partial charge in [-0.2, -0.15) is 9.98 Å². The quantitative estimate of drug-likeness (QED) is 0.546. The van der Waals surface area contributed by atoms with E-state index in [1.165, 1.54) is 6.07 Å². The topological polar surface area (TPSA) is 53.8 Å². The standard InChI is InChI=1S/C15H7Cl2N3OS2/c16-11-5-9(1-3-13(11)18-7-22)15(21)20-10-2-4-14(19-8-23)12(17)6-10/h1-6H,(H,20,21). The zero-order valence-corrected chi connectivity index (χ0v) is 14.5. The van der Waals surface area contributed by atoms with Crippen molar-refractivity contribution >= 4 is 80.9 Å². The van der Waals surface area contributed by atoms with E-state index in [4.69, 9.17) is 23.2 Å². The molecule has 0 heterocycles. The molecule has 114 valence electrons. The third-order valence-electron chi connectivity index (χ3n) is 2.75. The summed E-state index contributed by atoms with van der Waals surface area (Å²) >= 11 is 21.1. The molecule has 2 aromatic rings. The number of amides is 1. The SMILES string of the molecule is O=C(Nc1ccc(N=C=S)c(Cl)c1)c1ccc(N=C=S)c(Cl)c1. The molecule has 0 aromatic heterocycles.